The highest BCUT2D eigenvalue weighted by Crippen LogP contribution is 2.23. The molecule has 0 aromatic heterocycles. The monoisotopic (exact) mass is 224 g/mol. The molecular formula is C9H5F5O. The van der Waals surface area contributed by atoms with Crippen molar-refractivity contribution in [2.24, 2.45) is 0 Å². The summed E-state index contributed by atoms with van der Waals surface area (Å²) in [7, 11) is 0. The average molecular weight is 224 g/mol. The van der Waals surface area contributed by atoms with Crippen molar-refractivity contribution in [1.82, 2.24) is 0 Å². The predicted octanol–water partition coefficient (Wildman–Crippen LogP) is 3.37. The zero-order valence-corrected chi connectivity index (χ0v) is 7.18. The summed E-state index contributed by atoms with van der Waals surface area (Å²) >= 11 is 0. The normalized spacial score (nSPS) is 11.9. The second-order valence-corrected chi connectivity index (χ2v) is 2.75. The number of hydrogen-bond acceptors (Lipinski definition) is 1. The van der Waals surface area contributed by atoms with Crippen molar-refractivity contribution in [2.45, 2.75) is 12.6 Å². The molecular weight excluding hydrogens is 219 g/mol. The highest BCUT2D eigenvalue weighted by Gasteiger charge is 2.39. The van der Waals surface area contributed by atoms with Gasteiger partial charge in [-0.15, -0.1) is 0 Å². The van der Waals surface area contributed by atoms with E-state index in [-0.39, 0.29) is 0 Å². The molecule has 1 aromatic rings. The summed E-state index contributed by atoms with van der Waals surface area (Å²) in [6.07, 6.45) is -7.74. The molecule has 0 atom stereocenters. The second kappa shape index (κ2) is 3.96. The Kier molecular flexibility index (Phi) is 3.06. The van der Waals surface area contributed by atoms with Crippen LogP contribution >= 0.6 is 0 Å². The summed E-state index contributed by atoms with van der Waals surface area (Å²) < 4.78 is 59.7. The molecule has 82 valence electrons. The van der Waals surface area contributed by atoms with Gasteiger partial charge >= 0.3 is 6.18 Å². The number of benzene rings is 1. The Morgan fingerprint density at radius 2 is 1.53 bits per heavy atom. The van der Waals surface area contributed by atoms with Crippen molar-refractivity contribution in [1.29, 1.82) is 0 Å². The van der Waals surface area contributed by atoms with Gasteiger partial charge in [-0.2, -0.15) is 13.2 Å². The fraction of sp³-hybridized carbons (Fsp3) is 0.222. The Balaban J connectivity index is 2.95. The molecule has 15 heavy (non-hydrogen) atoms. The summed E-state index contributed by atoms with van der Waals surface area (Å²) in [5.41, 5.74) is -1.07. The average Bonchev–Trinajstić information content (AvgIpc) is 2.15. The van der Waals surface area contributed by atoms with E-state index in [2.05, 4.69) is 0 Å². The Morgan fingerprint density at radius 3 is 1.87 bits per heavy atom. The molecule has 0 aliphatic carbocycles. The van der Waals surface area contributed by atoms with Crippen molar-refractivity contribution in [3.63, 3.8) is 0 Å². The van der Waals surface area contributed by atoms with Crippen molar-refractivity contribution in [2.75, 3.05) is 0 Å². The molecule has 0 amide bonds. The number of alkyl halides is 5. The van der Waals surface area contributed by atoms with E-state index >= 15 is 0 Å². The fourth-order valence-electron chi connectivity index (χ4n) is 0.944. The minimum Gasteiger partial charge on any atom is -0.284 e. The van der Waals surface area contributed by atoms with Crippen LogP contribution in [0.1, 0.15) is 22.3 Å². The van der Waals surface area contributed by atoms with Gasteiger partial charge in [0, 0.05) is 11.1 Å². The van der Waals surface area contributed by atoms with Crippen molar-refractivity contribution in [3.05, 3.63) is 35.4 Å². The molecule has 6 heteroatoms. The lowest BCUT2D eigenvalue weighted by atomic mass is 10.1. The van der Waals surface area contributed by atoms with Crippen LogP contribution in [0.15, 0.2) is 24.3 Å². The zero-order chi connectivity index (χ0) is 11.6. The van der Waals surface area contributed by atoms with E-state index in [1.165, 1.54) is 0 Å². The number of ketones is 1. The summed E-state index contributed by atoms with van der Waals surface area (Å²) in [5.74, 6) is -2.04. The van der Waals surface area contributed by atoms with Crippen LogP contribution in [0.3, 0.4) is 0 Å². The molecule has 1 rings (SSSR count). The summed E-state index contributed by atoms with van der Waals surface area (Å²) in [4.78, 5) is 10.6. The quantitative estimate of drug-likeness (QED) is 0.556. The van der Waals surface area contributed by atoms with E-state index in [4.69, 9.17) is 0 Å². The Bertz CT molecular complexity index is 352. The van der Waals surface area contributed by atoms with Gasteiger partial charge in [-0.1, -0.05) is 24.3 Å². The minimum atomic E-state index is -4.98. The van der Waals surface area contributed by atoms with Crippen molar-refractivity contribution >= 4 is 5.78 Å². The maximum Gasteiger partial charge on any atom is 0.454 e. The van der Waals surface area contributed by atoms with Crippen molar-refractivity contribution in [3.8, 4) is 0 Å². The standard InChI is InChI=1S/C9H5F5O/c10-8(11)6-3-1-5(2-4-6)7(15)9(12,13)14/h1-4,8H. The molecule has 0 aliphatic rings. The van der Waals surface area contributed by atoms with Crippen LogP contribution in [0.4, 0.5) is 22.0 Å². The molecule has 0 spiro atoms. The predicted molar refractivity (Wildman–Crippen MR) is 41.8 cm³/mol. The number of carbonyl (C=O) groups excluding carboxylic acids is 1. The summed E-state index contributed by atoms with van der Waals surface area (Å²) in [6, 6.07) is 3.06. The Morgan fingerprint density at radius 1 is 1.07 bits per heavy atom. The van der Waals surface area contributed by atoms with Crippen LogP contribution in [0.25, 0.3) is 0 Å². The van der Waals surface area contributed by atoms with Crippen molar-refractivity contribution < 1.29 is 26.7 Å². The van der Waals surface area contributed by atoms with Gasteiger partial charge < -0.3 is 0 Å². The first-order chi connectivity index (χ1) is 6.82. The molecule has 0 bridgehead atoms. The van der Waals surface area contributed by atoms with E-state index in [1.54, 1.807) is 0 Å². The van der Waals surface area contributed by atoms with Crippen LogP contribution in [0.5, 0.6) is 0 Å². The lowest BCUT2D eigenvalue weighted by Gasteiger charge is -2.05. The fourth-order valence-corrected chi connectivity index (χ4v) is 0.944. The maximum absolute atomic E-state index is 12.0. The van der Waals surface area contributed by atoms with Crippen LogP contribution in [-0.4, -0.2) is 12.0 Å². The molecule has 0 radical (unpaired) electrons. The van der Waals surface area contributed by atoms with Gasteiger partial charge in [-0.05, 0) is 0 Å². The van der Waals surface area contributed by atoms with Gasteiger partial charge in [0.25, 0.3) is 12.2 Å². The summed E-state index contributed by atoms with van der Waals surface area (Å²) in [5, 5.41) is 0. The van der Waals surface area contributed by atoms with Crippen LogP contribution in [-0.2, 0) is 0 Å². The third-order valence-corrected chi connectivity index (χ3v) is 1.68. The zero-order valence-electron chi connectivity index (χ0n) is 7.18. The van der Waals surface area contributed by atoms with Gasteiger partial charge in [-0.3, -0.25) is 4.79 Å². The van der Waals surface area contributed by atoms with Gasteiger partial charge in [0.15, 0.2) is 0 Å². The van der Waals surface area contributed by atoms with E-state index in [0.717, 1.165) is 24.3 Å². The number of Topliss-reactive ketones (excluding diaryl/α,β-unsaturated/α-hetero) is 1. The van der Waals surface area contributed by atoms with Crippen LogP contribution in [0, 0.1) is 0 Å². The topological polar surface area (TPSA) is 17.1 Å². The molecule has 0 saturated heterocycles. The van der Waals surface area contributed by atoms with E-state index < -0.39 is 29.5 Å². The summed E-state index contributed by atoms with van der Waals surface area (Å²) in [6.45, 7) is 0. The molecule has 0 N–H and O–H groups in total. The molecule has 0 unspecified atom stereocenters. The molecule has 0 fully saturated rings. The number of rotatable bonds is 2. The third kappa shape index (κ3) is 2.74. The lowest BCUT2D eigenvalue weighted by molar-refractivity contribution is -0.0885. The number of halogens is 5. The first kappa shape index (κ1) is 11.6. The maximum atomic E-state index is 12.0. The molecule has 0 saturated carbocycles. The number of carbonyl (C=O) groups is 1. The molecule has 0 aliphatic heterocycles. The molecule has 0 heterocycles. The third-order valence-electron chi connectivity index (χ3n) is 1.68. The molecule has 1 aromatic carbocycles. The highest BCUT2D eigenvalue weighted by atomic mass is 19.4. The first-order valence-corrected chi connectivity index (χ1v) is 3.82. The number of hydrogen-bond donors (Lipinski definition) is 0. The van der Waals surface area contributed by atoms with Gasteiger partial charge in [-0.25, -0.2) is 8.78 Å². The molecule has 1 nitrogen and oxygen atoms in total. The highest BCUT2D eigenvalue weighted by molar-refractivity contribution is 6.00. The Hall–Kier alpha value is -1.46. The smallest absolute Gasteiger partial charge is 0.284 e. The minimum absolute atomic E-state index is 0.422. The van der Waals surface area contributed by atoms with Crippen LogP contribution < -0.4 is 0 Å². The second-order valence-electron chi connectivity index (χ2n) is 2.75. The lowest BCUT2D eigenvalue weighted by Crippen LogP contribution is -2.22. The van der Waals surface area contributed by atoms with E-state index in [9.17, 15) is 26.7 Å². The van der Waals surface area contributed by atoms with E-state index in [0.29, 0.717) is 0 Å². The first-order valence-electron chi connectivity index (χ1n) is 3.82. The van der Waals surface area contributed by atoms with Crippen LogP contribution in [0.2, 0.25) is 0 Å². The van der Waals surface area contributed by atoms with E-state index in [1.807, 2.05) is 0 Å². The van der Waals surface area contributed by atoms with Gasteiger partial charge in [0.2, 0.25) is 0 Å². The largest absolute Gasteiger partial charge is 0.454 e. The van der Waals surface area contributed by atoms with Gasteiger partial charge in [0.05, 0.1) is 0 Å². The van der Waals surface area contributed by atoms with Gasteiger partial charge in [0.1, 0.15) is 0 Å². The Labute approximate surface area is 81.5 Å². The SMILES string of the molecule is O=C(c1ccc(C(F)F)cc1)C(F)(F)F.